The molecule has 2 aliphatic rings. The van der Waals surface area contributed by atoms with Crippen molar-refractivity contribution in [2.24, 2.45) is 0 Å². The van der Waals surface area contributed by atoms with Crippen LogP contribution in [-0.2, 0) is 38.0 Å². The van der Waals surface area contributed by atoms with E-state index < -0.39 is 99.3 Å². The van der Waals surface area contributed by atoms with Crippen LogP contribution in [0.4, 0.5) is 0 Å². The average molecular weight is 927 g/mol. The van der Waals surface area contributed by atoms with Crippen molar-refractivity contribution in [3.63, 3.8) is 0 Å². The Balaban J connectivity index is 1.84. The normalized spacial score (nSPS) is 26.8. The molecule has 2 aliphatic heterocycles. The summed E-state index contributed by atoms with van der Waals surface area (Å²) in [6, 6.07) is 0. The maximum Gasteiger partial charge on any atom is 0.306 e. The molecule has 0 aromatic carbocycles. The summed E-state index contributed by atoms with van der Waals surface area (Å²) in [5.74, 6) is -0.961. The number of ether oxygens (including phenoxy) is 6. The van der Waals surface area contributed by atoms with Crippen molar-refractivity contribution >= 4 is 11.9 Å². The van der Waals surface area contributed by atoms with Crippen LogP contribution in [0.1, 0.15) is 162 Å². The summed E-state index contributed by atoms with van der Waals surface area (Å²) in [7, 11) is 0. The number of aliphatic hydroxyl groups is 7. The number of rotatable bonds is 37. The van der Waals surface area contributed by atoms with E-state index in [1.807, 2.05) is 0 Å². The Hall–Kier alpha value is -2.54. The maximum atomic E-state index is 13.0. The molecule has 0 spiro atoms. The standard InChI is InChI=1S/C50H86O15/c1-3-5-7-9-11-13-15-17-18-19-21-23-25-27-29-31-33-42(53)63-38(35-60-41(52)32-30-28-26-24-22-20-16-14-12-10-8-6-4-2)36-61-49-48(59)46(57)44(55)40(65-49)37-62-50-47(58)45(56)43(54)39(34-51)64-50/h8,10,13-16,18-19,38-40,43-51,54-59H,3-7,9,11-12,17,20-37H2,1-2H3/b10-8-,15-13-,16-14-,19-18-. The zero-order valence-electron chi connectivity index (χ0n) is 39.5. The van der Waals surface area contributed by atoms with Crippen molar-refractivity contribution in [3.8, 4) is 0 Å². The molecule has 0 aromatic heterocycles. The van der Waals surface area contributed by atoms with Crippen LogP contribution < -0.4 is 0 Å². The van der Waals surface area contributed by atoms with Crippen molar-refractivity contribution in [1.29, 1.82) is 0 Å². The number of hydrogen-bond donors (Lipinski definition) is 7. The predicted molar refractivity (Wildman–Crippen MR) is 247 cm³/mol. The van der Waals surface area contributed by atoms with Gasteiger partial charge in [-0.05, 0) is 70.6 Å². The minimum Gasteiger partial charge on any atom is -0.462 e. The van der Waals surface area contributed by atoms with Crippen LogP contribution in [0.3, 0.4) is 0 Å². The number of hydrogen-bond acceptors (Lipinski definition) is 15. The topological polar surface area (TPSA) is 231 Å². The number of aliphatic hydroxyl groups excluding tert-OH is 7. The number of unbranched alkanes of at least 4 members (excludes halogenated alkanes) is 15. The van der Waals surface area contributed by atoms with Crippen LogP contribution in [0.25, 0.3) is 0 Å². The zero-order valence-corrected chi connectivity index (χ0v) is 39.5. The van der Waals surface area contributed by atoms with Crippen molar-refractivity contribution in [2.75, 3.05) is 26.4 Å². The van der Waals surface area contributed by atoms with Crippen LogP contribution >= 0.6 is 0 Å². The lowest BCUT2D eigenvalue weighted by Crippen LogP contribution is -2.61. The SMILES string of the molecule is CCC/C=C\C/C=C\CCCCCCCC(=O)OCC(COC1OC(COC2OC(CO)C(O)C(O)C2O)C(O)C(O)C1O)OC(=O)CCCCCCC/C=C\C/C=C\CCCCCC. The average Bonchev–Trinajstić information content (AvgIpc) is 3.30. The van der Waals surface area contributed by atoms with Crippen molar-refractivity contribution in [1.82, 2.24) is 0 Å². The van der Waals surface area contributed by atoms with E-state index in [0.29, 0.717) is 12.8 Å². The van der Waals surface area contributed by atoms with Gasteiger partial charge in [-0.15, -0.1) is 0 Å². The molecule has 0 saturated carbocycles. The molecule has 2 fully saturated rings. The van der Waals surface area contributed by atoms with E-state index in [-0.39, 0.29) is 19.4 Å². The van der Waals surface area contributed by atoms with Crippen LogP contribution in [0.15, 0.2) is 48.6 Å². The summed E-state index contributed by atoms with van der Waals surface area (Å²) in [5.41, 5.74) is 0. The number of allylic oxidation sites excluding steroid dienone is 8. The molecular formula is C50H86O15. The Morgan fingerprint density at radius 2 is 0.954 bits per heavy atom. The number of carbonyl (C=O) groups excluding carboxylic acids is 2. The molecule has 2 saturated heterocycles. The molecule has 65 heavy (non-hydrogen) atoms. The first-order valence-electron chi connectivity index (χ1n) is 24.7. The minimum absolute atomic E-state index is 0.145. The monoisotopic (exact) mass is 927 g/mol. The molecule has 376 valence electrons. The van der Waals surface area contributed by atoms with E-state index >= 15 is 0 Å². The van der Waals surface area contributed by atoms with Gasteiger partial charge >= 0.3 is 11.9 Å². The molecule has 15 nitrogen and oxygen atoms in total. The van der Waals surface area contributed by atoms with E-state index in [9.17, 15) is 45.3 Å². The highest BCUT2D eigenvalue weighted by atomic mass is 16.7. The maximum absolute atomic E-state index is 13.0. The van der Waals surface area contributed by atoms with E-state index in [2.05, 4.69) is 62.5 Å². The van der Waals surface area contributed by atoms with Gasteiger partial charge in [0.25, 0.3) is 0 Å². The highest BCUT2D eigenvalue weighted by molar-refractivity contribution is 5.70. The summed E-state index contributed by atoms with van der Waals surface area (Å²) in [6.07, 6.45) is 22.8. The quantitative estimate of drug-likeness (QED) is 0.0205. The fraction of sp³-hybridized carbons (Fsp3) is 0.800. The number of esters is 2. The van der Waals surface area contributed by atoms with Crippen molar-refractivity contribution in [3.05, 3.63) is 48.6 Å². The molecule has 0 aliphatic carbocycles. The third-order valence-corrected chi connectivity index (χ3v) is 11.5. The lowest BCUT2D eigenvalue weighted by molar-refractivity contribution is -0.332. The van der Waals surface area contributed by atoms with Gasteiger partial charge in [0.2, 0.25) is 0 Å². The molecule has 11 unspecified atom stereocenters. The summed E-state index contributed by atoms with van der Waals surface area (Å²) in [4.78, 5) is 25.7. The second-order valence-corrected chi connectivity index (χ2v) is 17.3. The van der Waals surface area contributed by atoms with Gasteiger partial charge in [0, 0.05) is 12.8 Å². The van der Waals surface area contributed by atoms with Crippen LogP contribution in [0.5, 0.6) is 0 Å². The predicted octanol–water partition coefficient (Wildman–Crippen LogP) is 6.32. The molecular weight excluding hydrogens is 841 g/mol. The molecule has 0 bridgehead atoms. The van der Waals surface area contributed by atoms with Crippen LogP contribution in [0, 0.1) is 0 Å². The smallest absolute Gasteiger partial charge is 0.306 e. The highest BCUT2D eigenvalue weighted by Crippen LogP contribution is 2.26. The first-order valence-corrected chi connectivity index (χ1v) is 24.7. The zero-order chi connectivity index (χ0) is 47.5. The van der Waals surface area contributed by atoms with Gasteiger partial charge in [-0.1, -0.05) is 127 Å². The Labute approximate surface area is 388 Å². The Morgan fingerprint density at radius 1 is 0.492 bits per heavy atom. The van der Waals surface area contributed by atoms with Crippen LogP contribution in [-0.4, -0.2) is 142 Å². The molecule has 0 radical (unpaired) electrons. The third kappa shape index (κ3) is 26.0. The molecule has 2 rings (SSSR count). The number of carbonyl (C=O) groups is 2. The van der Waals surface area contributed by atoms with Gasteiger partial charge in [0.15, 0.2) is 18.7 Å². The fourth-order valence-corrected chi connectivity index (χ4v) is 7.40. The lowest BCUT2D eigenvalue weighted by atomic mass is 9.98. The minimum atomic E-state index is -1.77. The molecule has 7 N–H and O–H groups in total. The molecule has 0 aromatic rings. The van der Waals surface area contributed by atoms with Crippen molar-refractivity contribution < 1.29 is 73.8 Å². The molecule has 0 amide bonds. The second kappa shape index (κ2) is 37.4. The van der Waals surface area contributed by atoms with E-state index in [4.69, 9.17) is 28.4 Å². The van der Waals surface area contributed by atoms with Gasteiger partial charge in [0.1, 0.15) is 55.4 Å². The largest absolute Gasteiger partial charge is 0.462 e. The fourth-order valence-electron chi connectivity index (χ4n) is 7.40. The third-order valence-electron chi connectivity index (χ3n) is 11.5. The van der Waals surface area contributed by atoms with E-state index in [1.165, 1.54) is 25.7 Å². The van der Waals surface area contributed by atoms with Gasteiger partial charge in [-0.2, -0.15) is 0 Å². The van der Waals surface area contributed by atoms with Gasteiger partial charge < -0.3 is 64.2 Å². The van der Waals surface area contributed by atoms with Crippen LogP contribution in [0.2, 0.25) is 0 Å². The van der Waals surface area contributed by atoms with Gasteiger partial charge in [-0.3, -0.25) is 9.59 Å². The molecule has 11 atom stereocenters. The first kappa shape index (κ1) is 58.6. The second-order valence-electron chi connectivity index (χ2n) is 17.3. The Morgan fingerprint density at radius 3 is 1.49 bits per heavy atom. The molecule has 15 heteroatoms. The summed E-state index contributed by atoms with van der Waals surface area (Å²) < 4.78 is 33.5. The van der Waals surface area contributed by atoms with Crippen molar-refractivity contribution in [2.45, 2.75) is 229 Å². The van der Waals surface area contributed by atoms with Gasteiger partial charge in [0.05, 0.1) is 19.8 Å². The Kier molecular flexibility index (Phi) is 33.7. The van der Waals surface area contributed by atoms with E-state index in [1.54, 1.807) is 0 Å². The highest BCUT2D eigenvalue weighted by Gasteiger charge is 2.47. The van der Waals surface area contributed by atoms with Gasteiger partial charge in [-0.25, -0.2) is 0 Å². The first-order chi connectivity index (χ1) is 31.5. The summed E-state index contributed by atoms with van der Waals surface area (Å²) >= 11 is 0. The summed E-state index contributed by atoms with van der Waals surface area (Å²) in [6.45, 7) is 2.46. The Bertz CT molecular complexity index is 1320. The summed E-state index contributed by atoms with van der Waals surface area (Å²) in [5, 5.41) is 72.0. The van der Waals surface area contributed by atoms with E-state index in [0.717, 1.165) is 96.3 Å². The lowest BCUT2D eigenvalue weighted by Gasteiger charge is -2.42. The molecule has 2 heterocycles.